The second-order valence-electron chi connectivity index (χ2n) is 3.54. The monoisotopic (exact) mass is 219 g/mol. The summed E-state index contributed by atoms with van der Waals surface area (Å²) in [5, 5.41) is 2.40. The van der Waals surface area contributed by atoms with Gasteiger partial charge < -0.3 is 5.32 Å². The Morgan fingerprint density at radius 2 is 2.07 bits per heavy atom. The Hall–Kier alpha value is -1.26. The number of alkyl halides is 3. The van der Waals surface area contributed by atoms with Crippen molar-refractivity contribution >= 4 is 5.91 Å². The molecule has 5 heteroatoms. The van der Waals surface area contributed by atoms with Gasteiger partial charge >= 0.3 is 6.18 Å². The smallest absolute Gasteiger partial charge is 0.330 e. The maximum Gasteiger partial charge on any atom is 0.395 e. The van der Waals surface area contributed by atoms with Crippen LogP contribution in [0.5, 0.6) is 0 Å². The third-order valence-electron chi connectivity index (χ3n) is 2.32. The van der Waals surface area contributed by atoms with E-state index in [2.05, 4.69) is 5.32 Å². The molecule has 1 unspecified atom stereocenters. The highest BCUT2D eigenvalue weighted by Gasteiger charge is 2.43. The van der Waals surface area contributed by atoms with Crippen molar-refractivity contribution in [2.45, 2.75) is 20.0 Å². The van der Waals surface area contributed by atoms with E-state index in [1.54, 1.807) is 0 Å². The van der Waals surface area contributed by atoms with Gasteiger partial charge in [0.05, 0.1) is 5.92 Å². The number of halogens is 3. The molecule has 0 aromatic heterocycles. The molecule has 1 aliphatic carbocycles. The molecule has 15 heavy (non-hydrogen) atoms. The molecule has 1 rings (SSSR count). The summed E-state index contributed by atoms with van der Waals surface area (Å²) in [7, 11) is 0. The second-order valence-corrected chi connectivity index (χ2v) is 3.54. The number of nitrogens with one attached hydrogen (secondary N) is 1. The Morgan fingerprint density at radius 1 is 1.47 bits per heavy atom. The normalized spacial score (nSPS) is 26.1. The van der Waals surface area contributed by atoms with E-state index in [0.717, 1.165) is 6.08 Å². The highest BCUT2D eigenvalue weighted by atomic mass is 19.4. The number of carbonyl (C=O) groups is 1. The van der Waals surface area contributed by atoms with E-state index in [9.17, 15) is 18.0 Å². The van der Waals surface area contributed by atoms with Crippen molar-refractivity contribution < 1.29 is 18.0 Å². The van der Waals surface area contributed by atoms with Gasteiger partial charge in [-0.2, -0.15) is 13.2 Å². The van der Waals surface area contributed by atoms with Gasteiger partial charge in [-0.3, -0.25) is 4.79 Å². The fourth-order valence-electron chi connectivity index (χ4n) is 1.54. The SMILES string of the molecule is CC(=O)NC1=CC=CC(C(F)(F)F)[C@@H]1C. The molecule has 0 spiro atoms. The summed E-state index contributed by atoms with van der Waals surface area (Å²) in [5.74, 6) is -2.63. The van der Waals surface area contributed by atoms with Crippen LogP contribution in [0, 0.1) is 11.8 Å². The zero-order valence-corrected chi connectivity index (χ0v) is 8.43. The van der Waals surface area contributed by atoms with E-state index in [1.165, 1.54) is 26.0 Å². The van der Waals surface area contributed by atoms with Gasteiger partial charge in [-0.15, -0.1) is 0 Å². The molecule has 0 saturated heterocycles. The van der Waals surface area contributed by atoms with Gasteiger partial charge in [0.25, 0.3) is 0 Å². The van der Waals surface area contributed by atoms with E-state index < -0.39 is 18.0 Å². The third-order valence-corrected chi connectivity index (χ3v) is 2.32. The summed E-state index contributed by atoms with van der Waals surface area (Å²) in [6.07, 6.45) is -0.346. The molecule has 2 nitrogen and oxygen atoms in total. The van der Waals surface area contributed by atoms with Crippen LogP contribution in [0.4, 0.5) is 13.2 Å². The van der Waals surface area contributed by atoms with E-state index in [0.29, 0.717) is 5.70 Å². The summed E-state index contributed by atoms with van der Waals surface area (Å²) < 4.78 is 37.5. The lowest BCUT2D eigenvalue weighted by molar-refractivity contribution is -0.170. The van der Waals surface area contributed by atoms with Crippen molar-refractivity contribution in [3.63, 3.8) is 0 Å². The largest absolute Gasteiger partial charge is 0.395 e. The Bertz CT molecular complexity index is 317. The van der Waals surface area contributed by atoms with Gasteiger partial charge in [0, 0.05) is 18.5 Å². The minimum Gasteiger partial charge on any atom is -0.330 e. The Kier molecular flexibility index (Phi) is 3.21. The molecule has 1 N–H and O–H groups in total. The summed E-state index contributed by atoms with van der Waals surface area (Å²) in [5.41, 5.74) is 0.312. The van der Waals surface area contributed by atoms with Crippen molar-refractivity contribution in [2.24, 2.45) is 11.8 Å². The van der Waals surface area contributed by atoms with Gasteiger partial charge in [0.1, 0.15) is 0 Å². The molecule has 0 radical (unpaired) electrons. The van der Waals surface area contributed by atoms with Crippen LogP contribution in [0.3, 0.4) is 0 Å². The zero-order chi connectivity index (χ0) is 11.6. The molecule has 0 fully saturated rings. The third kappa shape index (κ3) is 2.84. The first-order valence-electron chi connectivity index (χ1n) is 4.55. The highest BCUT2D eigenvalue weighted by Crippen LogP contribution is 2.37. The molecule has 0 saturated carbocycles. The van der Waals surface area contributed by atoms with Crippen LogP contribution >= 0.6 is 0 Å². The fourth-order valence-corrected chi connectivity index (χ4v) is 1.54. The minimum atomic E-state index is -4.27. The summed E-state index contributed by atoms with van der Waals surface area (Å²) in [6, 6.07) is 0. The average Bonchev–Trinajstić information content (AvgIpc) is 2.05. The van der Waals surface area contributed by atoms with Crippen molar-refractivity contribution in [1.29, 1.82) is 0 Å². The molecule has 1 amide bonds. The minimum absolute atomic E-state index is 0.312. The number of amides is 1. The molecule has 0 heterocycles. The van der Waals surface area contributed by atoms with Crippen molar-refractivity contribution in [3.8, 4) is 0 Å². The van der Waals surface area contributed by atoms with Crippen LogP contribution in [0.2, 0.25) is 0 Å². The first-order chi connectivity index (χ1) is 6.82. The summed E-state index contributed by atoms with van der Waals surface area (Å²) >= 11 is 0. The van der Waals surface area contributed by atoms with Gasteiger partial charge in [0.2, 0.25) is 5.91 Å². The molecular weight excluding hydrogens is 207 g/mol. The Balaban J connectivity index is 2.83. The number of hydrogen-bond acceptors (Lipinski definition) is 1. The van der Waals surface area contributed by atoms with E-state index in [4.69, 9.17) is 0 Å². The molecule has 84 valence electrons. The molecule has 0 aromatic carbocycles. The van der Waals surface area contributed by atoms with Gasteiger partial charge in [-0.05, 0) is 6.08 Å². The average molecular weight is 219 g/mol. The van der Waals surface area contributed by atoms with Gasteiger partial charge in [0.15, 0.2) is 0 Å². The summed E-state index contributed by atoms with van der Waals surface area (Å²) in [4.78, 5) is 10.8. The number of carbonyl (C=O) groups excluding carboxylic acids is 1. The zero-order valence-electron chi connectivity index (χ0n) is 8.43. The lowest BCUT2D eigenvalue weighted by atomic mass is 9.86. The topological polar surface area (TPSA) is 29.1 Å². The maximum atomic E-state index is 12.5. The Morgan fingerprint density at radius 3 is 2.53 bits per heavy atom. The quantitative estimate of drug-likeness (QED) is 0.720. The van der Waals surface area contributed by atoms with Crippen LogP contribution < -0.4 is 5.32 Å². The number of rotatable bonds is 1. The number of hydrogen-bond donors (Lipinski definition) is 1. The lowest BCUT2D eigenvalue weighted by Crippen LogP contribution is -2.35. The highest BCUT2D eigenvalue weighted by molar-refractivity contribution is 5.75. The van der Waals surface area contributed by atoms with Gasteiger partial charge in [-0.25, -0.2) is 0 Å². The van der Waals surface area contributed by atoms with Crippen LogP contribution in [0.25, 0.3) is 0 Å². The van der Waals surface area contributed by atoms with Crippen molar-refractivity contribution in [2.75, 3.05) is 0 Å². The van der Waals surface area contributed by atoms with Crippen LogP contribution in [-0.4, -0.2) is 12.1 Å². The van der Waals surface area contributed by atoms with Crippen LogP contribution in [0.1, 0.15) is 13.8 Å². The number of allylic oxidation sites excluding steroid dienone is 4. The molecule has 2 atom stereocenters. The lowest BCUT2D eigenvalue weighted by Gasteiger charge is -2.28. The van der Waals surface area contributed by atoms with Crippen molar-refractivity contribution in [3.05, 3.63) is 23.9 Å². The first-order valence-corrected chi connectivity index (χ1v) is 4.55. The molecule has 0 aliphatic heterocycles. The summed E-state index contributed by atoms with van der Waals surface area (Å²) in [6.45, 7) is 2.72. The molecular formula is C10H12F3NO. The van der Waals surface area contributed by atoms with Gasteiger partial charge in [-0.1, -0.05) is 19.1 Å². The van der Waals surface area contributed by atoms with Crippen molar-refractivity contribution in [1.82, 2.24) is 5.32 Å². The Labute approximate surface area is 85.8 Å². The molecule has 0 aromatic rings. The molecule has 1 aliphatic rings. The predicted octanol–water partition coefficient (Wildman–Crippen LogP) is 2.39. The predicted molar refractivity (Wildman–Crippen MR) is 49.7 cm³/mol. The molecule has 0 bridgehead atoms. The van der Waals surface area contributed by atoms with Crippen LogP contribution in [0.15, 0.2) is 23.9 Å². The van der Waals surface area contributed by atoms with E-state index in [-0.39, 0.29) is 5.91 Å². The van der Waals surface area contributed by atoms with Crippen LogP contribution in [-0.2, 0) is 4.79 Å². The second kappa shape index (κ2) is 4.08. The van der Waals surface area contributed by atoms with E-state index >= 15 is 0 Å². The fraction of sp³-hybridized carbons (Fsp3) is 0.500. The standard InChI is InChI=1S/C10H12F3NO/c1-6-8(10(11,12)13)4-3-5-9(6)14-7(2)15/h3-6,8H,1-2H3,(H,14,15)/t6-,8?/m0/s1. The maximum absolute atomic E-state index is 12.5. The first kappa shape index (κ1) is 11.8. The van der Waals surface area contributed by atoms with E-state index in [1.807, 2.05) is 0 Å².